The van der Waals surface area contributed by atoms with Crippen LogP contribution in [0.2, 0.25) is 5.02 Å². The molecule has 0 bridgehead atoms. The van der Waals surface area contributed by atoms with Crippen molar-refractivity contribution in [3.05, 3.63) is 86.3 Å². The van der Waals surface area contributed by atoms with Crippen molar-refractivity contribution >= 4 is 51.2 Å². The number of hydrazone groups is 1. The summed E-state index contributed by atoms with van der Waals surface area (Å²) in [6.45, 7) is 3.68. The Balaban J connectivity index is 1.64. The molecule has 3 aromatic rings. The molecule has 0 aromatic heterocycles. The molecule has 0 aliphatic rings. The van der Waals surface area contributed by atoms with E-state index in [-0.39, 0.29) is 18.4 Å². The fourth-order valence-corrected chi connectivity index (χ4v) is 3.68. The quantitative estimate of drug-likeness (QED) is 0.289. The maximum atomic E-state index is 12.4. The molecule has 7 nitrogen and oxygen atoms in total. The maximum Gasteiger partial charge on any atom is 0.271 e. The molecule has 3 rings (SSSR count). The van der Waals surface area contributed by atoms with Gasteiger partial charge in [-0.3, -0.25) is 9.59 Å². The average molecular weight is 545 g/mol. The Morgan fingerprint density at radius 1 is 1.09 bits per heavy atom. The highest BCUT2D eigenvalue weighted by Crippen LogP contribution is 2.36. The largest absolute Gasteiger partial charge is 0.493 e. The van der Waals surface area contributed by atoms with Gasteiger partial charge in [0.25, 0.3) is 11.8 Å². The van der Waals surface area contributed by atoms with Crippen LogP contribution in [-0.4, -0.2) is 31.7 Å². The van der Waals surface area contributed by atoms with Gasteiger partial charge in [-0.1, -0.05) is 23.7 Å². The van der Waals surface area contributed by atoms with Crippen molar-refractivity contribution in [2.75, 3.05) is 19.0 Å². The van der Waals surface area contributed by atoms with E-state index in [1.54, 1.807) is 36.4 Å². The molecule has 2 N–H and O–H groups in total. The molecule has 0 saturated heterocycles. The van der Waals surface area contributed by atoms with Gasteiger partial charge >= 0.3 is 0 Å². The van der Waals surface area contributed by atoms with Crippen LogP contribution in [0, 0.1) is 13.8 Å². The van der Waals surface area contributed by atoms with E-state index in [9.17, 15) is 9.59 Å². The standard InChI is InChI=1S/C25H23BrClN3O4/c1-15-4-5-16(2)21(10-15)29-23(31)14-34-24-20(26)11-17(12-22(24)33-3)13-28-30-25(32)18-6-8-19(27)9-7-18/h4-13H,14H2,1-3H3,(H,29,31)(H,30,32)/b28-13+. The molecule has 2 amide bonds. The number of halogens is 2. The zero-order valence-electron chi connectivity index (χ0n) is 18.8. The molecule has 0 spiro atoms. The predicted molar refractivity (Wildman–Crippen MR) is 137 cm³/mol. The van der Waals surface area contributed by atoms with Crippen LogP contribution in [0.1, 0.15) is 27.0 Å². The molecule has 9 heteroatoms. The van der Waals surface area contributed by atoms with Gasteiger partial charge in [0.1, 0.15) is 0 Å². The van der Waals surface area contributed by atoms with Crippen molar-refractivity contribution in [2.45, 2.75) is 13.8 Å². The summed E-state index contributed by atoms with van der Waals surface area (Å²) >= 11 is 9.28. The van der Waals surface area contributed by atoms with Crippen LogP contribution in [0.15, 0.2) is 64.2 Å². The highest BCUT2D eigenvalue weighted by Gasteiger charge is 2.14. The Morgan fingerprint density at radius 2 is 1.82 bits per heavy atom. The first-order valence-corrected chi connectivity index (χ1v) is 11.4. The Bertz CT molecular complexity index is 1230. The average Bonchev–Trinajstić information content (AvgIpc) is 2.80. The molecule has 0 heterocycles. The van der Waals surface area contributed by atoms with Crippen molar-refractivity contribution < 1.29 is 19.1 Å². The molecule has 0 unspecified atom stereocenters. The minimum Gasteiger partial charge on any atom is -0.493 e. The summed E-state index contributed by atoms with van der Waals surface area (Å²) in [5.74, 6) is 0.118. The minimum atomic E-state index is -0.367. The topological polar surface area (TPSA) is 89.0 Å². The number of ether oxygens (including phenoxy) is 2. The number of methoxy groups -OCH3 is 1. The van der Waals surface area contributed by atoms with Crippen LogP contribution < -0.4 is 20.2 Å². The second-order valence-electron chi connectivity index (χ2n) is 7.40. The molecule has 0 aliphatic carbocycles. The third-order valence-electron chi connectivity index (χ3n) is 4.75. The predicted octanol–water partition coefficient (Wildman–Crippen LogP) is 5.51. The molecule has 0 saturated carbocycles. The lowest BCUT2D eigenvalue weighted by molar-refractivity contribution is -0.118. The monoisotopic (exact) mass is 543 g/mol. The van der Waals surface area contributed by atoms with Crippen molar-refractivity contribution in [3.63, 3.8) is 0 Å². The number of rotatable bonds is 8. The molecule has 0 fully saturated rings. The van der Waals surface area contributed by atoms with Gasteiger partial charge in [-0.25, -0.2) is 5.43 Å². The first-order valence-electron chi connectivity index (χ1n) is 10.2. The molecular weight excluding hydrogens is 522 g/mol. The van der Waals surface area contributed by atoms with E-state index in [0.29, 0.717) is 32.1 Å². The summed E-state index contributed by atoms with van der Waals surface area (Å²) < 4.78 is 11.7. The van der Waals surface area contributed by atoms with Crippen LogP contribution in [0.4, 0.5) is 5.69 Å². The molecule has 0 aliphatic heterocycles. The van der Waals surface area contributed by atoms with Gasteiger partial charge in [-0.05, 0) is 88.9 Å². The lowest BCUT2D eigenvalue weighted by Crippen LogP contribution is -2.21. The van der Waals surface area contributed by atoms with E-state index < -0.39 is 0 Å². The molecule has 0 atom stereocenters. The van der Waals surface area contributed by atoms with E-state index in [4.69, 9.17) is 21.1 Å². The first-order chi connectivity index (χ1) is 16.3. The number of aryl methyl sites for hydroxylation is 2. The van der Waals surface area contributed by atoms with E-state index in [1.165, 1.54) is 13.3 Å². The number of nitrogens with one attached hydrogen (secondary N) is 2. The first kappa shape index (κ1) is 25.3. The fourth-order valence-electron chi connectivity index (χ4n) is 2.98. The summed E-state index contributed by atoms with van der Waals surface area (Å²) in [4.78, 5) is 24.6. The second kappa shape index (κ2) is 11.7. The highest BCUT2D eigenvalue weighted by atomic mass is 79.9. The van der Waals surface area contributed by atoms with Gasteiger partial charge in [-0.15, -0.1) is 0 Å². The normalized spacial score (nSPS) is 10.7. The number of carbonyl (C=O) groups is 2. The summed E-state index contributed by atoms with van der Waals surface area (Å²) in [6, 6.07) is 15.7. The van der Waals surface area contributed by atoms with Crippen LogP contribution in [0.25, 0.3) is 0 Å². The number of benzene rings is 3. The number of amides is 2. The molecule has 3 aromatic carbocycles. The van der Waals surface area contributed by atoms with Gasteiger partial charge in [-0.2, -0.15) is 5.10 Å². The van der Waals surface area contributed by atoms with Crippen LogP contribution in [0.5, 0.6) is 11.5 Å². The van der Waals surface area contributed by atoms with E-state index in [2.05, 4.69) is 31.8 Å². The number of hydrogen-bond acceptors (Lipinski definition) is 5. The van der Waals surface area contributed by atoms with E-state index in [1.807, 2.05) is 32.0 Å². The van der Waals surface area contributed by atoms with Gasteiger partial charge in [0.2, 0.25) is 0 Å². The van der Waals surface area contributed by atoms with Gasteiger partial charge in [0.05, 0.1) is 17.8 Å². The molecule has 34 heavy (non-hydrogen) atoms. The molecule has 0 radical (unpaired) electrons. The van der Waals surface area contributed by atoms with Crippen molar-refractivity contribution in [3.8, 4) is 11.5 Å². The van der Waals surface area contributed by atoms with Crippen molar-refractivity contribution in [1.82, 2.24) is 5.43 Å². The van der Waals surface area contributed by atoms with Gasteiger partial charge in [0, 0.05) is 16.3 Å². The zero-order chi connectivity index (χ0) is 24.7. The Morgan fingerprint density at radius 3 is 2.53 bits per heavy atom. The fraction of sp³-hybridized carbons (Fsp3) is 0.160. The van der Waals surface area contributed by atoms with Crippen molar-refractivity contribution in [1.29, 1.82) is 0 Å². The smallest absolute Gasteiger partial charge is 0.271 e. The van der Waals surface area contributed by atoms with E-state index >= 15 is 0 Å². The SMILES string of the molecule is COc1cc(/C=N/NC(=O)c2ccc(Cl)cc2)cc(Br)c1OCC(=O)Nc1cc(C)ccc1C. The third kappa shape index (κ3) is 6.82. The Hall–Kier alpha value is -3.36. The number of carbonyl (C=O) groups excluding carboxylic acids is 2. The molecular formula is C25H23BrClN3O4. The van der Waals surface area contributed by atoms with Crippen LogP contribution >= 0.6 is 27.5 Å². The zero-order valence-corrected chi connectivity index (χ0v) is 21.2. The number of nitrogens with zero attached hydrogens (tertiary/aromatic N) is 1. The Labute approximate surface area is 211 Å². The summed E-state index contributed by atoms with van der Waals surface area (Å²) in [5, 5.41) is 7.38. The highest BCUT2D eigenvalue weighted by molar-refractivity contribution is 9.10. The molecule has 176 valence electrons. The van der Waals surface area contributed by atoms with Crippen LogP contribution in [0.3, 0.4) is 0 Å². The van der Waals surface area contributed by atoms with Gasteiger partial charge < -0.3 is 14.8 Å². The Kier molecular flexibility index (Phi) is 8.67. The maximum absolute atomic E-state index is 12.4. The lowest BCUT2D eigenvalue weighted by atomic mass is 10.1. The lowest BCUT2D eigenvalue weighted by Gasteiger charge is -2.14. The minimum absolute atomic E-state index is 0.201. The third-order valence-corrected chi connectivity index (χ3v) is 5.59. The van der Waals surface area contributed by atoms with E-state index in [0.717, 1.165) is 16.8 Å². The number of hydrogen-bond donors (Lipinski definition) is 2. The number of anilines is 1. The second-order valence-corrected chi connectivity index (χ2v) is 8.69. The van der Waals surface area contributed by atoms with Gasteiger partial charge in [0.15, 0.2) is 18.1 Å². The van der Waals surface area contributed by atoms with Crippen LogP contribution in [-0.2, 0) is 4.79 Å². The summed E-state index contributed by atoms with van der Waals surface area (Å²) in [7, 11) is 1.49. The summed E-state index contributed by atoms with van der Waals surface area (Å²) in [6.07, 6.45) is 1.47. The van der Waals surface area contributed by atoms with Crippen molar-refractivity contribution in [2.24, 2.45) is 5.10 Å². The summed E-state index contributed by atoms with van der Waals surface area (Å²) in [5.41, 5.74) is 6.29.